The highest BCUT2D eigenvalue weighted by atomic mass is 35.5. The third kappa shape index (κ3) is 4.20. The minimum Gasteiger partial charge on any atom is -0.429 e. The van der Waals surface area contributed by atoms with Crippen LogP contribution in [-0.2, 0) is 14.2 Å². The van der Waals surface area contributed by atoms with Gasteiger partial charge in [-0.3, -0.25) is 4.57 Å². The Morgan fingerprint density at radius 3 is 2.76 bits per heavy atom. The zero-order valence-corrected chi connectivity index (χ0v) is 14.6. The number of nitrogens with two attached hydrogens (primary N) is 1. The Morgan fingerprint density at radius 1 is 1.60 bits per heavy atom. The first kappa shape index (κ1) is 19.4. The van der Waals surface area contributed by atoms with Crippen molar-refractivity contribution >= 4 is 23.6 Å². The number of aliphatic hydroxyl groups is 1. The lowest BCUT2D eigenvalue weighted by Gasteiger charge is -2.26. The second-order valence-electron chi connectivity index (χ2n) is 6.43. The molecule has 9 nitrogen and oxygen atoms in total. The molecular weight excluding hydrogens is 361 g/mol. The molecule has 1 saturated heterocycles. The van der Waals surface area contributed by atoms with Crippen LogP contribution in [0.25, 0.3) is 0 Å². The molecule has 1 aliphatic rings. The van der Waals surface area contributed by atoms with E-state index in [4.69, 9.17) is 31.5 Å². The molecule has 0 radical (unpaired) electrons. The lowest BCUT2D eigenvalue weighted by Crippen LogP contribution is -2.44. The Balaban J connectivity index is 2.29. The number of aliphatic hydroxyl groups excluding tert-OH is 1. The fraction of sp³-hybridized carbons (Fsp3) is 0.643. The van der Waals surface area contributed by atoms with Gasteiger partial charge in [0.1, 0.15) is 17.5 Å². The van der Waals surface area contributed by atoms with Crippen molar-refractivity contribution in [3.63, 3.8) is 0 Å². The summed E-state index contributed by atoms with van der Waals surface area (Å²) in [5.74, 6) is -0.0708. The fourth-order valence-corrected chi connectivity index (χ4v) is 2.58. The maximum atomic E-state index is 15.1. The Hall–Kier alpha value is -1.91. The topological polar surface area (TPSA) is 126 Å². The van der Waals surface area contributed by atoms with Crippen LogP contribution in [0.2, 0.25) is 0 Å². The molecule has 11 heteroatoms. The molecule has 4 atom stereocenters. The lowest BCUT2D eigenvalue weighted by atomic mass is 10.1. The van der Waals surface area contributed by atoms with Crippen molar-refractivity contribution in [3.8, 4) is 0 Å². The molecule has 140 valence electrons. The second-order valence-corrected chi connectivity index (χ2v) is 7.01. The second kappa shape index (κ2) is 6.77. The zero-order chi connectivity index (χ0) is 19.0. The van der Waals surface area contributed by atoms with Gasteiger partial charge in [-0.1, -0.05) is 11.6 Å². The number of carbonyl (C=O) groups excluding carboxylic acids is 1. The number of hydrogen-bond donors (Lipinski definition) is 2. The van der Waals surface area contributed by atoms with Crippen LogP contribution in [-0.4, -0.2) is 50.4 Å². The molecule has 25 heavy (non-hydrogen) atoms. The van der Waals surface area contributed by atoms with E-state index in [0.29, 0.717) is 0 Å². The average molecular weight is 380 g/mol. The minimum atomic E-state index is -2.86. The number of hydrogen-bond acceptors (Lipinski definition) is 8. The van der Waals surface area contributed by atoms with Crippen LogP contribution in [0.15, 0.2) is 17.1 Å². The number of rotatable bonds is 3. The molecule has 3 N–H and O–H groups in total. The van der Waals surface area contributed by atoms with E-state index in [2.05, 4.69) is 4.98 Å². The van der Waals surface area contributed by atoms with Gasteiger partial charge in [-0.05, 0) is 26.8 Å². The normalized spacial score (nSPS) is 29.4. The van der Waals surface area contributed by atoms with Gasteiger partial charge < -0.3 is 25.1 Å². The standard InChI is InChI=1S/C14H19ClFN3O6/c1-13(2,3)25-12(22)24-9-7(6-20)23-10(14(9,15)16)19-5-4-8(17)18-11(19)21/h4-5,7,9-10,20H,6H2,1-3H3,(H2,17,18,21)/t7-,9-,10-,14-/m1/s1. The van der Waals surface area contributed by atoms with Gasteiger partial charge in [0.2, 0.25) is 0 Å². The summed E-state index contributed by atoms with van der Waals surface area (Å²) in [5, 5.41) is 6.53. The van der Waals surface area contributed by atoms with Crippen molar-refractivity contribution in [1.82, 2.24) is 9.55 Å². The van der Waals surface area contributed by atoms with Gasteiger partial charge in [-0.2, -0.15) is 4.98 Å². The van der Waals surface area contributed by atoms with Gasteiger partial charge in [-0.25, -0.2) is 14.0 Å². The molecule has 0 unspecified atom stereocenters. The van der Waals surface area contributed by atoms with Crippen molar-refractivity contribution in [2.75, 3.05) is 12.3 Å². The summed E-state index contributed by atoms with van der Waals surface area (Å²) >= 11 is 5.88. The Morgan fingerprint density at radius 2 is 2.24 bits per heavy atom. The number of alkyl halides is 2. The first-order valence-electron chi connectivity index (χ1n) is 7.34. The monoisotopic (exact) mass is 379 g/mol. The first-order valence-corrected chi connectivity index (χ1v) is 7.72. The molecule has 0 aromatic carbocycles. The van der Waals surface area contributed by atoms with Gasteiger partial charge in [0.25, 0.3) is 5.13 Å². The van der Waals surface area contributed by atoms with Crippen LogP contribution in [0.5, 0.6) is 0 Å². The number of carbonyl (C=O) groups is 1. The van der Waals surface area contributed by atoms with E-state index < -0.39 is 47.6 Å². The Labute approximate surface area is 147 Å². The SMILES string of the molecule is CC(C)(C)OC(=O)O[C@@H]1[C@@H](CO)O[C@@H](n2ccc(N)nc2=O)[C@@]1(F)Cl. The van der Waals surface area contributed by atoms with Crippen LogP contribution >= 0.6 is 11.6 Å². The number of halogens is 2. The maximum absolute atomic E-state index is 15.1. The van der Waals surface area contributed by atoms with Crippen molar-refractivity contribution in [1.29, 1.82) is 0 Å². The molecule has 1 aromatic rings. The molecule has 0 saturated carbocycles. The third-order valence-electron chi connectivity index (χ3n) is 3.25. The van der Waals surface area contributed by atoms with E-state index in [1.165, 1.54) is 6.07 Å². The number of anilines is 1. The van der Waals surface area contributed by atoms with Crippen LogP contribution in [0.3, 0.4) is 0 Å². The van der Waals surface area contributed by atoms with E-state index in [1.54, 1.807) is 20.8 Å². The number of ether oxygens (including phenoxy) is 3. The largest absolute Gasteiger partial charge is 0.509 e. The molecular formula is C14H19ClFN3O6. The van der Waals surface area contributed by atoms with Crippen LogP contribution in [0, 0.1) is 0 Å². The van der Waals surface area contributed by atoms with E-state index >= 15 is 4.39 Å². The highest BCUT2D eigenvalue weighted by molar-refractivity contribution is 6.23. The number of nitrogens with zero attached hydrogens (tertiary/aromatic N) is 2. The van der Waals surface area contributed by atoms with Crippen molar-refractivity contribution in [2.24, 2.45) is 0 Å². The molecule has 0 bridgehead atoms. The smallest absolute Gasteiger partial charge is 0.429 e. The Kier molecular flexibility index (Phi) is 5.26. The fourth-order valence-electron chi connectivity index (χ4n) is 2.24. The molecule has 0 amide bonds. The molecule has 1 fully saturated rings. The summed E-state index contributed by atoms with van der Waals surface area (Å²) in [7, 11) is 0. The van der Waals surface area contributed by atoms with Crippen LogP contribution in [0.4, 0.5) is 15.0 Å². The van der Waals surface area contributed by atoms with Crippen molar-refractivity contribution < 1.29 is 28.5 Å². The van der Waals surface area contributed by atoms with Crippen molar-refractivity contribution in [3.05, 3.63) is 22.7 Å². The predicted octanol–water partition coefficient (Wildman–Crippen LogP) is 0.940. The highest BCUT2D eigenvalue weighted by Crippen LogP contribution is 2.45. The molecule has 2 rings (SSSR count). The van der Waals surface area contributed by atoms with Crippen LogP contribution < -0.4 is 11.4 Å². The van der Waals surface area contributed by atoms with E-state index in [9.17, 15) is 14.7 Å². The molecule has 0 aliphatic carbocycles. The summed E-state index contributed by atoms with van der Waals surface area (Å²) < 4.78 is 31.0. The summed E-state index contributed by atoms with van der Waals surface area (Å²) in [6.45, 7) is 4.07. The Bertz CT molecular complexity index is 705. The molecule has 2 heterocycles. The summed E-state index contributed by atoms with van der Waals surface area (Å²) in [5.41, 5.74) is 3.59. The van der Waals surface area contributed by atoms with Gasteiger partial charge in [0, 0.05) is 6.20 Å². The number of aromatic nitrogens is 2. The molecule has 1 aromatic heterocycles. The summed E-state index contributed by atoms with van der Waals surface area (Å²) in [4.78, 5) is 27.2. The zero-order valence-electron chi connectivity index (χ0n) is 13.8. The van der Waals surface area contributed by atoms with Crippen molar-refractivity contribution in [2.45, 2.75) is 49.9 Å². The number of nitrogen functional groups attached to an aromatic ring is 1. The van der Waals surface area contributed by atoms with Gasteiger partial charge in [0.05, 0.1) is 6.61 Å². The predicted molar refractivity (Wildman–Crippen MR) is 84.7 cm³/mol. The first-order chi connectivity index (χ1) is 11.5. The van der Waals surface area contributed by atoms with Gasteiger partial charge in [0.15, 0.2) is 12.3 Å². The third-order valence-corrected chi connectivity index (χ3v) is 3.65. The average Bonchev–Trinajstić information content (AvgIpc) is 2.69. The minimum absolute atomic E-state index is 0.0708. The summed E-state index contributed by atoms with van der Waals surface area (Å²) in [6, 6.07) is 1.24. The van der Waals surface area contributed by atoms with E-state index in [1.807, 2.05) is 0 Å². The maximum Gasteiger partial charge on any atom is 0.509 e. The lowest BCUT2D eigenvalue weighted by molar-refractivity contribution is -0.0694. The quantitative estimate of drug-likeness (QED) is 0.587. The molecule has 0 spiro atoms. The highest BCUT2D eigenvalue weighted by Gasteiger charge is 2.60. The van der Waals surface area contributed by atoms with Crippen LogP contribution in [0.1, 0.15) is 27.0 Å². The van der Waals surface area contributed by atoms with E-state index in [-0.39, 0.29) is 5.82 Å². The molecule has 1 aliphatic heterocycles. The summed E-state index contributed by atoms with van der Waals surface area (Å²) in [6.07, 6.45) is -4.78. The van der Waals surface area contributed by atoms with Gasteiger partial charge >= 0.3 is 11.8 Å². The van der Waals surface area contributed by atoms with E-state index in [0.717, 1.165) is 10.8 Å². The van der Waals surface area contributed by atoms with Gasteiger partial charge in [-0.15, -0.1) is 0 Å².